The molecule has 6 N–H and O–H groups in total. The van der Waals surface area contributed by atoms with Crippen molar-refractivity contribution in [2.75, 3.05) is 0 Å². The van der Waals surface area contributed by atoms with E-state index in [4.69, 9.17) is 11.5 Å². The highest BCUT2D eigenvalue weighted by Gasteiger charge is 2.24. The average Bonchev–Trinajstić information content (AvgIpc) is 2.41. The van der Waals surface area contributed by atoms with Crippen molar-refractivity contribution in [3.8, 4) is 11.5 Å². The third kappa shape index (κ3) is 3.08. The van der Waals surface area contributed by atoms with Gasteiger partial charge in [0.15, 0.2) is 5.96 Å². The second kappa shape index (κ2) is 5.36. The minimum Gasteiger partial charge on any atom is -0.508 e. The molecule has 2 aromatic carbocycles. The molecule has 0 heterocycles. The summed E-state index contributed by atoms with van der Waals surface area (Å²) in [6.45, 7) is 4.09. The van der Waals surface area contributed by atoms with Crippen LogP contribution in [-0.4, -0.2) is 16.2 Å². The average molecular weight is 285 g/mol. The molecule has 5 nitrogen and oxygen atoms in total. The number of nitrogens with zero attached hydrogens (tertiary/aromatic N) is 1. The van der Waals surface area contributed by atoms with Crippen LogP contribution in [-0.2, 0) is 5.41 Å². The van der Waals surface area contributed by atoms with Crippen molar-refractivity contribution in [1.82, 2.24) is 0 Å². The van der Waals surface area contributed by atoms with Gasteiger partial charge in [-0.15, -0.1) is 0 Å². The number of aliphatic imine (C=N–C) groups is 1. The van der Waals surface area contributed by atoms with Gasteiger partial charge in [-0.25, -0.2) is 4.99 Å². The predicted octanol–water partition coefficient (Wildman–Crippen LogP) is 2.33. The molecule has 0 aromatic heterocycles. The van der Waals surface area contributed by atoms with Gasteiger partial charge in [0.2, 0.25) is 0 Å². The lowest BCUT2D eigenvalue weighted by Crippen LogP contribution is -2.22. The summed E-state index contributed by atoms with van der Waals surface area (Å²) in [4.78, 5) is 3.92. The molecule has 2 aromatic rings. The van der Waals surface area contributed by atoms with Crippen LogP contribution in [0.25, 0.3) is 0 Å². The summed E-state index contributed by atoms with van der Waals surface area (Å²) >= 11 is 0. The van der Waals surface area contributed by atoms with Crippen LogP contribution in [0.5, 0.6) is 11.5 Å². The number of benzene rings is 2. The van der Waals surface area contributed by atoms with E-state index < -0.39 is 0 Å². The van der Waals surface area contributed by atoms with Gasteiger partial charge >= 0.3 is 0 Å². The summed E-state index contributed by atoms with van der Waals surface area (Å²) in [5.41, 5.74) is 12.7. The van der Waals surface area contributed by atoms with Gasteiger partial charge in [-0.3, -0.25) is 0 Å². The highest BCUT2D eigenvalue weighted by Crippen LogP contribution is 2.37. The molecular weight excluding hydrogens is 266 g/mol. The summed E-state index contributed by atoms with van der Waals surface area (Å²) in [6.07, 6.45) is 0. The van der Waals surface area contributed by atoms with Crippen LogP contribution in [0.2, 0.25) is 0 Å². The van der Waals surface area contributed by atoms with Crippen LogP contribution in [0.15, 0.2) is 47.5 Å². The number of nitrogens with two attached hydrogens (primary N) is 2. The van der Waals surface area contributed by atoms with Gasteiger partial charge in [-0.1, -0.05) is 32.0 Å². The van der Waals surface area contributed by atoms with E-state index in [9.17, 15) is 10.2 Å². The fraction of sp³-hybridized carbons (Fsp3) is 0.188. The molecule has 0 saturated heterocycles. The van der Waals surface area contributed by atoms with Crippen molar-refractivity contribution in [1.29, 1.82) is 0 Å². The first-order valence-corrected chi connectivity index (χ1v) is 6.53. The molecule has 0 fully saturated rings. The normalized spacial score (nSPS) is 11.1. The number of guanidine groups is 1. The lowest BCUT2D eigenvalue weighted by atomic mass is 9.78. The number of hydrogen-bond donors (Lipinski definition) is 4. The number of phenolic OH excluding ortho intramolecular Hbond substituents is 2. The molecule has 0 aliphatic heterocycles. The molecule has 0 saturated carbocycles. The lowest BCUT2D eigenvalue weighted by Gasteiger charge is -2.26. The quantitative estimate of drug-likeness (QED) is 0.513. The van der Waals surface area contributed by atoms with E-state index in [1.165, 1.54) is 0 Å². The Bertz CT molecular complexity index is 672. The van der Waals surface area contributed by atoms with Crippen LogP contribution in [0.3, 0.4) is 0 Å². The van der Waals surface area contributed by atoms with Gasteiger partial charge in [0.05, 0.1) is 0 Å². The highest BCUT2D eigenvalue weighted by molar-refractivity contribution is 5.80. The Morgan fingerprint density at radius 2 is 1.52 bits per heavy atom. The van der Waals surface area contributed by atoms with E-state index >= 15 is 0 Å². The molecule has 0 amide bonds. The second-order valence-electron chi connectivity index (χ2n) is 5.41. The number of rotatable bonds is 3. The number of hydrogen-bond acceptors (Lipinski definition) is 3. The predicted molar refractivity (Wildman–Crippen MR) is 83.8 cm³/mol. The molecule has 0 atom stereocenters. The van der Waals surface area contributed by atoms with Crippen LogP contribution < -0.4 is 11.5 Å². The third-order valence-corrected chi connectivity index (χ3v) is 3.54. The minimum atomic E-state index is -0.324. The summed E-state index contributed by atoms with van der Waals surface area (Å²) in [7, 11) is 0. The van der Waals surface area contributed by atoms with Gasteiger partial charge in [0.25, 0.3) is 0 Å². The molecule has 5 heteroatoms. The van der Waals surface area contributed by atoms with E-state index in [0.29, 0.717) is 5.69 Å². The molecule has 0 unspecified atom stereocenters. The van der Waals surface area contributed by atoms with Crippen molar-refractivity contribution >= 4 is 11.6 Å². The zero-order valence-electron chi connectivity index (χ0n) is 12.0. The SMILES string of the molecule is CC(C)(c1ccc(O)cc1)c1ccc(O)c(N=C(N)N)c1. The van der Waals surface area contributed by atoms with Gasteiger partial charge in [-0.05, 0) is 35.4 Å². The number of aromatic hydroxyl groups is 2. The maximum absolute atomic E-state index is 9.81. The standard InChI is InChI=1S/C16H19N3O2/c1-16(2,10-3-6-12(20)7-4-10)11-5-8-14(21)13(9-11)19-15(17)18/h3-9,20-21H,1-2H3,(H4,17,18,19). The minimum absolute atomic E-state index is 0.0219. The molecule has 2 rings (SSSR count). The first-order chi connectivity index (χ1) is 9.80. The van der Waals surface area contributed by atoms with E-state index in [-0.39, 0.29) is 22.9 Å². The van der Waals surface area contributed by atoms with Gasteiger partial charge in [0, 0.05) is 5.41 Å². The molecule has 0 aliphatic rings. The summed E-state index contributed by atoms with van der Waals surface area (Å²) in [6, 6.07) is 12.2. The van der Waals surface area contributed by atoms with E-state index in [2.05, 4.69) is 4.99 Å². The smallest absolute Gasteiger partial charge is 0.191 e. The van der Waals surface area contributed by atoms with Gasteiger partial charge in [-0.2, -0.15) is 0 Å². The monoisotopic (exact) mass is 285 g/mol. The zero-order valence-corrected chi connectivity index (χ0v) is 12.0. The second-order valence-corrected chi connectivity index (χ2v) is 5.41. The Hall–Kier alpha value is -2.69. The Morgan fingerprint density at radius 1 is 0.952 bits per heavy atom. The van der Waals surface area contributed by atoms with Gasteiger partial charge in [0.1, 0.15) is 17.2 Å². The maximum atomic E-state index is 9.81. The first-order valence-electron chi connectivity index (χ1n) is 6.53. The summed E-state index contributed by atoms with van der Waals surface area (Å²) in [5, 5.41) is 19.2. The van der Waals surface area contributed by atoms with Crippen molar-refractivity contribution in [3.63, 3.8) is 0 Å². The van der Waals surface area contributed by atoms with E-state index in [1.54, 1.807) is 24.3 Å². The van der Waals surface area contributed by atoms with E-state index in [0.717, 1.165) is 11.1 Å². The van der Waals surface area contributed by atoms with Crippen LogP contribution in [0.1, 0.15) is 25.0 Å². The molecule has 0 bridgehead atoms. The molecular formula is C16H19N3O2. The van der Waals surface area contributed by atoms with E-state index in [1.807, 2.05) is 32.0 Å². The lowest BCUT2D eigenvalue weighted by molar-refractivity contribution is 0.474. The molecule has 0 aliphatic carbocycles. The molecule has 110 valence electrons. The maximum Gasteiger partial charge on any atom is 0.191 e. The topological polar surface area (TPSA) is 105 Å². The summed E-state index contributed by atoms with van der Waals surface area (Å²) in [5.74, 6) is 0.139. The Kier molecular flexibility index (Phi) is 3.76. The molecule has 0 radical (unpaired) electrons. The largest absolute Gasteiger partial charge is 0.508 e. The fourth-order valence-corrected chi connectivity index (χ4v) is 2.19. The summed E-state index contributed by atoms with van der Waals surface area (Å²) < 4.78 is 0. The molecule has 0 spiro atoms. The van der Waals surface area contributed by atoms with Gasteiger partial charge < -0.3 is 21.7 Å². The zero-order chi connectivity index (χ0) is 15.6. The Morgan fingerprint density at radius 3 is 2.10 bits per heavy atom. The van der Waals surface area contributed by atoms with Crippen LogP contribution >= 0.6 is 0 Å². The van der Waals surface area contributed by atoms with Crippen LogP contribution in [0.4, 0.5) is 5.69 Å². The first kappa shape index (κ1) is 14.7. The fourth-order valence-electron chi connectivity index (χ4n) is 2.19. The number of phenols is 2. The van der Waals surface area contributed by atoms with Crippen molar-refractivity contribution in [3.05, 3.63) is 53.6 Å². The highest BCUT2D eigenvalue weighted by atomic mass is 16.3. The van der Waals surface area contributed by atoms with Crippen molar-refractivity contribution < 1.29 is 10.2 Å². The Labute approximate surface area is 123 Å². The Balaban J connectivity index is 2.49. The molecule has 21 heavy (non-hydrogen) atoms. The van der Waals surface area contributed by atoms with Crippen molar-refractivity contribution in [2.45, 2.75) is 19.3 Å². The van der Waals surface area contributed by atoms with Crippen molar-refractivity contribution in [2.24, 2.45) is 16.5 Å². The third-order valence-electron chi connectivity index (χ3n) is 3.54. The van der Waals surface area contributed by atoms with Crippen LogP contribution in [0, 0.1) is 0 Å².